The zero-order valence-corrected chi connectivity index (χ0v) is 21.7. The van der Waals surface area contributed by atoms with Crippen LogP contribution in [-0.2, 0) is 15.8 Å². The van der Waals surface area contributed by atoms with E-state index in [1.807, 2.05) is 6.07 Å². The van der Waals surface area contributed by atoms with Gasteiger partial charge in [0.05, 0.1) is 24.2 Å². The number of halogens is 3. The standard InChI is InChI=1S/C28H33F3N4O4/c1-39-23-17-19(28(29,30)31)11-12-21(23)27(38)35-15-13-34(14-16-35)22-10-6-5-9-20(22)26(37)33-24(25(32)36)18-7-3-2-4-8-18/h2-4,7-8,11-12,17,20,22,24H,5-6,9-10,13-16H2,1H3,(H2,32,36)(H,33,37)/t20-,22-,24+/m1/s1. The molecule has 0 unspecified atom stereocenters. The minimum absolute atomic E-state index is 0.0547. The Balaban J connectivity index is 1.41. The average molecular weight is 547 g/mol. The molecule has 3 atom stereocenters. The van der Waals surface area contributed by atoms with Crippen LogP contribution >= 0.6 is 0 Å². The fourth-order valence-electron chi connectivity index (χ4n) is 5.54. The summed E-state index contributed by atoms with van der Waals surface area (Å²) in [4.78, 5) is 42.4. The zero-order valence-electron chi connectivity index (χ0n) is 21.7. The summed E-state index contributed by atoms with van der Waals surface area (Å²) in [6.45, 7) is 1.76. The van der Waals surface area contributed by atoms with E-state index in [-0.39, 0.29) is 29.2 Å². The van der Waals surface area contributed by atoms with Gasteiger partial charge in [0.1, 0.15) is 11.8 Å². The molecule has 8 nitrogen and oxygen atoms in total. The number of rotatable bonds is 7. The predicted molar refractivity (Wildman–Crippen MR) is 138 cm³/mol. The molecule has 1 aliphatic carbocycles. The summed E-state index contributed by atoms with van der Waals surface area (Å²) in [5.41, 5.74) is 5.42. The molecule has 2 aromatic carbocycles. The third-order valence-electron chi connectivity index (χ3n) is 7.60. The van der Waals surface area contributed by atoms with Crippen LogP contribution in [0.2, 0.25) is 0 Å². The summed E-state index contributed by atoms with van der Waals surface area (Å²) < 4.78 is 44.4. The molecule has 0 radical (unpaired) electrons. The molecule has 2 aromatic rings. The van der Waals surface area contributed by atoms with Gasteiger partial charge in [-0.2, -0.15) is 13.2 Å². The fourth-order valence-corrected chi connectivity index (χ4v) is 5.54. The Morgan fingerprint density at radius 3 is 2.28 bits per heavy atom. The van der Waals surface area contributed by atoms with Crippen LogP contribution in [0.5, 0.6) is 5.75 Å². The van der Waals surface area contributed by atoms with Crippen molar-refractivity contribution in [1.82, 2.24) is 15.1 Å². The van der Waals surface area contributed by atoms with Crippen molar-refractivity contribution in [1.29, 1.82) is 0 Å². The van der Waals surface area contributed by atoms with Gasteiger partial charge in [-0.3, -0.25) is 19.3 Å². The van der Waals surface area contributed by atoms with Crippen molar-refractivity contribution in [2.45, 2.75) is 43.9 Å². The SMILES string of the molecule is COc1cc(C(F)(F)F)ccc1C(=O)N1CCN([C@@H]2CCCC[C@H]2C(=O)N[C@H](C(N)=O)c2ccccc2)CC1. The number of ether oxygens (including phenoxy) is 1. The molecule has 1 aliphatic heterocycles. The number of hydrogen-bond donors (Lipinski definition) is 2. The first kappa shape index (κ1) is 28.4. The first-order chi connectivity index (χ1) is 18.6. The first-order valence-electron chi connectivity index (χ1n) is 13.0. The van der Waals surface area contributed by atoms with Gasteiger partial charge in [-0.15, -0.1) is 0 Å². The summed E-state index contributed by atoms with van der Waals surface area (Å²) in [5.74, 6) is -1.70. The fraction of sp³-hybridized carbons (Fsp3) is 0.464. The molecule has 2 aliphatic rings. The topological polar surface area (TPSA) is 105 Å². The number of nitrogens with zero attached hydrogens (tertiary/aromatic N) is 2. The molecular formula is C28H33F3N4O4. The number of hydrogen-bond acceptors (Lipinski definition) is 5. The van der Waals surface area contributed by atoms with Crippen LogP contribution in [0.4, 0.5) is 13.2 Å². The number of methoxy groups -OCH3 is 1. The maximum absolute atomic E-state index is 13.4. The van der Waals surface area contributed by atoms with Gasteiger partial charge in [0.25, 0.3) is 5.91 Å². The molecule has 1 saturated carbocycles. The van der Waals surface area contributed by atoms with Gasteiger partial charge < -0.3 is 20.7 Å². The van der Waals surface area contributed by atoms with E-state index >= 15 is 0 Å². The Morgan fingerprint density at radius 1 is 1.00 bits per heavy atom. The van der Waals surface area contributed by atoms with E-state index in [2.05, 4.69) is 10.2 Å². The Bertz CT molecular complexity index is 1180. The summed E-state index contributed by atoms with van der Waals surface area (Å²) in [5, 5.41) is 2.85. The molecule has 11 heteroatoms. The maximum atomic E-state index is 13.4. The van der Waals surface area contributed by atoms with Crippen LogP contribution in [0.25, 0.3) is 0 Å². The van der Waals surface area contributed by atoms with Gasteiger partial charge in [0.2, 0.25) is 11.8 Å². The molecule has 210 valence electrons. The van der Waals surface area contributed by atoms with E-state index < -0.39 is 29.6 Å². The van der Waals surface area contributed by atoms with Gasteiger partial charge in [0.15, 0.2) is 0 Å². The molecule has 3 amide bonds. The van der Waals surface area contributed by atoms with Crippen LogP contribution in [-0.4, -0.2) is 66.9 Å². The third kappa shape index (κ3) is 6.52. The van der Waals surface area contributed by atoms with E-state index in [1.54, 1.807) is 29.2 Å². The minimum atomic E-state index is -4.54. The van der Waals surface area contributed by atoms with Crippen molar-refractivity contribution in [2.75, 3.05) is 33.3 Å². The van der Waals surface area contributed by atoms with E-state index in [0.29, 0.717) is 38.2 Å². The molecule has 1 saturated heterocycles. The summed E-state index contributed by atoms with van der Waals surface area (Å²) in [7, 11) is 1.24. The second kappa shape index (κ2) is 12.1. The molecule has 3 N–H and O–H groups in total. The second-order valence-corrected chi connectivity index (χ2v) is 9.95. The predicted octanol–water partition coefficient (Wildman–Crippen LogP) is 3.37. The number of nitrogens with one attached hydrogen (secondary N) is 1. The quantitative estimate of drug-likeness (QED) is 0.554. The largest absolute Gasteiger partial charge is 0.496 e. The number of amides is 3. The zero-order chi connectivity index (χ0) is 28.2. The van der Waals surface area contributed by atoms with E-state index in [4.69, 9.17) is 10.5 Å². The number of nitrogens with two attached hydrogens (primary N) is 1. The monoisotopic (exact) mass is 546 g/mol. The Morgan fingerprint density at radius 2 is 1.67 bits per heavy atom. The van der Waals surface area contributed by atoms with Crippen LogP contribution in [0.3, 0.4) is 0 Å². The molecular weight excluding hydrogens is 513 g/mol. The summed E-state index contributed by atoms with van der Waals surface area (Å²) >= 11 is 0. The molecule has 4 rings (SSSR count). The number of piperazine rings is 1. The van der Waals surface area contributed by atoms with E-state index in [1.165, 1.54) is 7.11 Å². The smallest absolute Gasteiger partial charge is 0.416 e. The normalized spacial score (nSPS) is 21.2. The molecule has 0 spiro atoms. The number of primary amides is 1. The summed E-state index contributed by atoms with van der Waals surface area (Å²) in [6.07, 6.45) is -1.19. The molecule has 0 aromatic heterocycles. The van der Waals surface area contributed by atoms with Crippen molar-refractivity contribution >= 4 is 17.7 Å². The Labute approximate surface area is 225 Å². The van der Waals surface area contributed by atoms with Crippen LogP contribution in [0, 0.1) is 5.92 Å². The van der Waals surface area contributed by atoms with E-state index in [9.17, 15) is 27.6 Å². The Hall–Kier alpha value is -3.60. The molecule has 1 heterocycles. The lowest BCUT2D eigenvalue weighted by molar-refractivity contribution is -0.137. The molecule has 2 fully saturated rings. The van der Waals surface area contributed by atoms with Crippen molar-refractivity contribution in [3.8, 4) is 5.75 Å². The van der Waals surface area contributed by atoms with Crippen molar-refractivity contribution in [3.63, 3.8) is 0 Å². The lowest BCUT2D eigenvalue weighted by atomic mass is 9.82. The number of benzene rings is 2. The second-order valence-electron chi connectivity index (χ2n) is 9.95. The first-order valence-corrected chi connectivity index (χ1v) is 13.0. The van der Waals surface area contributed by atoms with Crippen molar-refractivity contribution in [3.05, 3.63) is 65.2 Å². The lowest BCUT2D eigenvalue weighted by Crippen LogP contribution is -2.56. The average Bonchev–Trinajstić information content (AvgIpc) is 2.95. The summed E-state index contributed by atoms with van der Waals surface area (Å²) in [6, 6.07) is 10.8. The highest BCUT2D eigenvalue weighted by molar-refractivity contribution is 5.97. The third-order valence-corrected chi connectivity index (χ3v) is 7.60. The van der Waals surface area contributed by atoms with Gasteiger partial charge in [-0.25, -0.2) is 0 Å². The minimum Gasteiger partial charge on any atom is -0.496 e. The van der Waals surface area contributed by atoms with Gasteiger partial charge in [-0.1, -0.05) is 43.2 Å². The highest BCUT2D eigenvalue weighted by Gasteiger charge is 2.38. The molecule has 0 bridgehead atoms. The lowest BCUT2D eigenvalue weighted by Gasteiger charge is -2.44. The van der Waals surface area contributed by atoms with Crippen LogP contribution < -0.4 is 15.8 Å². The van der Waals surface area contributed by atoms with Gasteiger partial charge >= 0.3 is 6.18 Å². The van der Waals surface area contributed by atoms with Crippen LogP contribution in [0.1, 0.15) is 53.2 Å². The highest BCUT2D eigenvalue weighted by Crippen LogP contribution is 2.34. The number of carbonyl (C=O) groups excluding carboxylic acids is 3. The maximum Gasteiger partial charge on any atom is 0.416 e. The molecule has 39 heavy (non-hydrogen) atoms. The Kier molecular flexibility index (Phi) is 8.79. The highest BCUT2D eigenvalue weighted by atomic mass is 19.4. The van der Waals surface area contributed by atoms with Crippen molar-refractivity contribution < 1.29 is 32.3 Å². The van der Waals surface area contributed by atoms with Gasteiger partial charge in [0, 0.05) is 32.2 Å². The number of carbonyl (C=O) groups is 3. The van der Waals surface area contributed by atoms with Crippen molar-refractivity contribution in [2.24, 2.45) is 11.7 Å². The van der Waals surface area contributed by atoms with Gasteiger partial charge in [-0.05, 0) is 36.6 Å². The van der Waals surface area contributed by atoms with Crippen LogP contribution in [0.15, 0.2) is 48.5 Å². The number of alkyl halides is 3. The van der Waals surface area contributed by atoms with E-state index in [0.717, 1.165) is 37.5 Å².